The van der Waals surface area contributed by atoms with E-state index in [-0.39, 0.29) is 18.0 Å². The number of ketones is 1. The van der Waals surface area contributed by atoms with E-state index in [1.807, 2.05) is 30.3 Å². The summed E-state index contributed by atoms with van der Waals surface area (Å²) in [7, 11) is 1.68. The number of Topliss-reactive ketones (excluding diaryl/α,β-unsaturated/α-hetero) is 1. The van der Waals surface area contributed by atoms with Crippen molar-refractivity contribution in [3.8, 4) is 5.75 Å². The number of rotatable bonds is 5. The Morgan fingerprint density at radius 2 is 1.67 bits per heavy atom. The zero-order valence-corrected chi connectivity index (χ0v) is 15.8. The molecule has 0 N–H and O–H groups in total. The van der Waals surface area contributed by atoms with E-state index in [9.17, 15) is 4.79 Å². The summed E-state index contributed by atoms with van der Waals surface area (Å²) in [6.45, 7) is 4.63. The van der Waals surface area contributed by atoms with E-state index in [0.717, 1.165) is 37.4 Å². The van der Waals surface area contributed by atoms with Crippen molar-refractivity contribution in [3.63, 3.8) is 0 Å². The van der Waals surface area contributed by atoms with Gasteiger partial charge in [-0.3, -0.25) is 9.69 Å². The number of piperidine rings is 1. The van der Waals surface area contributed by atoms with Gasteiger partial charge in [0.05, 0.1) is 13.0 Å². The lowest BCUT2D eigenvalue weighted by Gasteiger charge is -2.36. The molecule has 0 aromatic heterocycles. The molecule has 2 unspecified atom stereocenters. The summed E-state index contributed by atoms with van der Waals surface area (Å²) in [6.07, 6.45) is 1.15. The lowest BCUT2D eigenvalue weighted by Crippen LogP contribution is -2.45. The van der Waals surface area contributed by atoms with Crippen LogP contribution in [0.25, 0.3) is 0 Å². The van der Waals surface area contributed by atoms with Crippen molar-refractivity contribution in [1.29, 1.82) is 0 Å². The van der Waals surface area contributed by atoms with Gasteiger partial charge in [-0.15, -0.1) is 0 Å². The van der Waals surface area contributed by atoms with Crippen molar-refractivity contribution in [2.24, 2.45) is 5.92 Å². The Bertz CT molecular complexity index is 752. The average Bonchev–Trinajstić information content (AvgIpc) is 2.71. The fraction of sp³-hybridized carbons (Fsp3) is 0.364. The van der Waals surface area contributed by atoms with Gasteiger partial charge in [-0.25, -0.2) is 0 Å². The van der Waals surface area contributed by atoms with Crippen molar-refractivity contribution < 1.29 is 19.1 Å². The van der Waals surface area contributed by atoms with Gasteiger partial charge in [-0.2, -0.15) is 9.59 Å². The third-order valence-electron chi connectivity index (χ3n) is 4.93. The number of nitrogens with zero attached hydrogens (tertiary/aromatic N) is 1. The Morgan fingerprint density at radius 3 is 2.22 bits per heavy atom. The zero-order valence-electron chi connectivity index (χ0n) is 15.8. The smallest absolute Gasteiger partial charge is 0.373 e. The molecular formula is C22H25NO4. The molecule has 3 rings (SSSR count). The molecule has 2 aromatic rings. The first-order chi connectivity index (χ1) is 13.1. The minimum atomic E-state index is -0.0110. The maximum Gasteiger partial charge on any atom is 0.373 e. The summed E-state index contributed by atoms with van der Waals surface area (Å²) in [6, 6.07) is 18.4. The van der Waals surface area contributed by atoms with Crippen molar-refractivity contribution in [2.45, 2.75) is 25.8 Å². The van der Waals surface area contributed by atoms with Crippen LogP contribution in [-0.2, 0) is 20.9 Å². The largest absolute Gasteiger partial charge is 0.497 e. The van der Waals surface area contributed by atoms with Crippen LogP contribution < -0.4 is 4.74 Å². The van der Waals surface area contributed by atoms with E-state index >= 15 is 0 Å². The van der Waals surface area contributed by atoms with Gasteiger partial charge >= 0.3 is 6.15 Å². The van der Waals surface area contributed by atoms with Crippen LogP contribution in [0.1, 0.15) is 30.4 Å². The van der Waals surface area contributed by atoms with Crippen molar-refractivity contribution in [2.75, 3.05) is 20.2 Å². The van der Waals surface area contributed by atoms with Crippen LogP contribution in [0.3, 0.4) is 0 Å². The molecule has 27 heavy (non-hydrogen) atoms. The summed E-state index contributed by atoms with van der Waals surface area (Å²) in [4.78, 5) is 31.5. The van der Waals surface area contributed by atoms with Crippen LogP contribution in [0.5, 0.6) is 5.75 Å². The fourth-order valence-electron chi connectivity index (χ4n) is 3.51. The molecule has 1 saturated heterocycles. The lowest BCUT2D eigenvalue weighted by molar-refractivity contribution is -0.191. The second kappa shape index (κ2) is 10.4. The lowest BCUT2D eigenvalue weighted by atomic mass is 9.82. The molecule has 2 atom stereocenters. The molecule has 5 nitrogen and oxygen atoms in total. The molecule has 1 aliphatic heterocycles. The van der Waals surface area contributed by atoms with Gasteiger partial charge in [-0.1, -0.05) is 49.4 Å². The molecule has 2 aromatic carbocycles. The average molecular weight is 367 g/mol. The molecule has 1 fully saturated rings. The van der Waals surface area contributed by atoms with Gasteiger partial charge in [-0.05, 0) is 29.7 Å². The van der Waals surface area contributed by atoms with Gasteiger partial charge in [0.2, 0.25) is 0 Å². The SMILES string of the molecule is CCC1CN(Cc2ccc(OC)cc2)CC(c2ccccc2)C1=O.O=C=O. The fourth-order valence-corrected chi connectivity index (χ4v) is 3.51. The normalized spacial score (nSPS) is 19.6. The molecule has 0 spiro atoms. The van der Waals surface area contributed by atoms with Crippen molar-refractivity contribution in [3.05, 3.63) is 65.7 Å². The van der Waals surface area contributed by atoms with Crippen LogP contribution >= 0.6 is 0 Å². The molecule has 1 aliphatic rings. The van der Waals surface area contributed by atoms with Gasteiger partial charge in [0.1, 0.15) is 11.5 Å². The maximum absolute atomic E-state index is 12.8. The van der Waals surface area contributed by atoms with Crippen LogP contribution in [0.4, 0.5) is 0 Å². The summed E-state index contributed by atoms with van der Waals surface area (Å²) >= 11 is 0. The molecule has 142 valence electrons. The van der Waals surface area contributed by atoms with E-state index in [1.54, 1.807) is 7.11 Å². The van der Waals surface area contributed by atoms with E-state index in [1.165, 1.54) is 5.56 Å². The molecule has 0 saturated carbocycles. The highest BCUT2D eigenvalue weighted by atomic mass is 16.5. The summed E-state index contributed by atoms with van der Waals surface area (Å²) < 4.78 is 5.22. The minimum absolute atomic E-state index is 0.0110. The highest BCUT2D eigenvalue weighted by Crippen LogP contribution is 2.29. The Balaban J connectivity index is 0.000000817. The summed E-state index contributed by atoms with van der Waals surface area (Å²) in [5, 5.41) is 0. The Hall–Kier alpha value is -2.75. The van der Waals surface area contributed by atoms with Gasteiger partial charge in [0, 0.05) is 25.6 Å². The Morgan fingerprint density at radius 1 is 1.04 bits per heavy atom. The number of hydrogen-bond acceptors (Lipinski definition) is 5. The molecule has 0 radical (unpaired) electrons. The number of carbonyl (C=O) groups is 1. The number of likely N-dealkylation sites (tertiary alicyclic amines) is 1. The standard InChI is InChI=1S/C21H25NO2.CO2/c1-3-17-14-22(13-16-9-11-19(24-2)12-10-16)15-20(21(17)23)18-7-5-4-6-8-18;2-1-3/h4-12,17,20H,3,13-15H2,1-2H3;. The third kappa shape index (κ3) is 5.61. The number of methoxy groups -OCH3 is 1. The summed E-state index contributed by atoms with van der Waals surface area (Å²) in [5.74, 6) is 1.39. The summed E-state index contributed by atoms with van der Waals surface area (Å²) in [5.41, 5.74) is 2.40. The van der Waals surface area contributed by atoms with Gasteiger partial charge in [0.25, 0.3) is 0 Å². The topological polar surface area (TPSA) is 63.7 Å². The van der Waals surface area contributed by atoms with Crippen LogP contribution in [0.15, 0.2) is 54.6 Å². The first kappa shape index (κ1) is 20.6. The van der Waals surface area contributed by atoms with Crippen LogP contribution in [0.2, 0.25) is 0 Å². The van der Waals surface area contributed by atoms with Gasteiger partial charge in [0.15, 0.2) is 0 Å². The molecule has 0 amide bonds. The number of ether oxygens (including phenoxy) is 1. The number of benzene rings is 2. The van der Waals surface area contributed by atoms with E-state index in [2.05, 4.69) is 36.1 Å². The maximum atomic E-state index is 12.8. The van der Waals surface area contributed by atoms with Gasteiger partial charge < -0.3 is 4.74 Å². The zero-order chi connectivity index (χ0) is 19.6. The van der Waals surface area contributed by atoms with E-state index in [0.29, 0.717) is 5.78 Å². The minimum Gasteiger partial charge on any atom is -0.497 e. The molecular weight excluding hydrogens is 342 g/mol. The molecule has 1 heterocycles. The quantitative estimate of drug-likeness (QED) is 0.811. The highest BCUT2D eigenvalue weighted by molar-refractivity contribution is 5.89. The van der Waals surface area contributed by atoms with Crippen LogP contribution in [0, 0.1) is 5.92 Å². The predicted molar refractivity (Wildman–Crippen MR) is 101 cm³/mol. The Kier molecular flexibility index (Phi) is 7.93. The third-order valence-corrected chi connectivity index (χ3v) is 4.93. The molecule has 0 aliphatic carbocycles. The van der Waals surface area contributed by atoms with E-state index < -0.39 is 0 Å². The monoisotopic (exact) mass is 367 g/mol. The second-order valence-corrected chi connectivity index (χ2v) is 6.60. The predicted octanol–water partition coefficient (Wildman–Crippen LogP) is 3.31. The van der Waals surface area contributed by atoms with Crippen molar-refractivity contribution in [1.82, 2.24) is 4.90 Å². The van der Waals surface area contributed by atoms with Crippen molar-refractivity contribution >= 4 is 11.9 Å². The first-order valence-corrected chi connectivity index (χ1v) is 9.06. The Labute approximate surface area is 159 Å². The van der Waals surface area contributed by atoms with E-state index in [4.69, 9.17) is 14.3 Å². The molecule has 0 bridgehead atoms. The first-order valence-electron chi connectivity index (χ1n) is 9.06. The highest BCUT2D eigenvalue weighted by Gasteiger charge is 2.34. The second-order valence-electron chi connectivity index (χ2n) is 6.60. The number of hydrogen-bond donors (Lipinski definition) is 0. The number of carbonyl (C=O) groups excluding carboxylic acids is 3. The molecule has 5 heteroatoms. The van der Waals surface area contributed by atoms with Crippen LogP contribution in [-0.4, -0.2) is 37.0 Å².